The number of pyridine rings is 1. The summed E-state index contributed by atoms with van der Waals surface area (Å²) in [6.07, 6.45) is 3.63. The van der Waals surface area contributed by atoms with Crippen LogP contribution >= 0.6 is 0 Å². The number of hydrogen-bond acceptors (Lipinski definition) is 4. The summed E-state index contributed by atoms with van der Waals surface area (Å²) in [5.41, 5.74) is 13.1. The summed E-state index contributed by atoms with van der Waals surface area (Å²) < 4.78 is 0. The Morgan fingerprint density at radius 3 is 2.74 bits per heavy atom. The van der Waals surface area contributed by atoms with E-state index in [1.165, 1.54) is 0 Å². The largest absolute Gasteiger partial charge is 0.397 e. The first kappa shape index (κ1) is 11.6. The number of fused-ring (bicyclic) bond motifs is 1. The van der Waals surface area contributed by atoms with E-state index in [4.69, 9.17) is 5.73 Å². The average Bonchev–Trinajstić information content (AvgIpc) is 2.48. The van der Waals surface area contributed by atoms with Crippen molar-refractivity contribution in [3.63, 3.8) is 0 Å². The fourth-order valence-electron chi connectivity index (χ4n) is 2.29. The van der Waals surface area contributed by atoms with Crippen molar-refractivity contribution in [2.75, 3.05) is 5.01 Å². The molecule has 0 bridgehead atoms. The van der Waals surface area contributed by atoms with Gasteiger partial charge in [-0.3, -0.25) is 9.99 Å². The maximum absolute atomic E-state index is 6.00. The summed E-state index contributed by atoms with van der Waals surface area (Å²) in [6, 6.07) is 14.2. The van der Waals surface area contributed by atoms with Gasteiger partial charge in [0.05, 0.1) is 23.1 Å². The molecule has 1 aliphatic heterocycles. The molecule has 1 unspecified atom stereocenters. The first-order chi connectivity index (χ1) is 9.27. The van der Waals surface area contributed by atoms with Crippen LogP contribution in [0, 0.1) is 0 Å². The second kappa shape index (κ2) is 4.65. The Morgan fingerprint density at radius 2 is 1.95 bits per heavy atom. The molecule has 0 spiro atoms. The lowest BCUT2D eigenvalue weighted by atomic mass is 10.1. The van der Waals surface area contributed by atoms with Gasteiger partial charge in [0, 0.05) is 18.0 Å². The molecule has 1 aliphatic rings. The highest BCUT2D eigenvalue weighted by Gasteiger charge is 2.22. The summed E-state index contributed by atoms with van der Waals surface area (Å²) in [5, 5.41) is 2.08. The van der Waals surface area contributed by atoms with E-state index < -0.39 is 0 Å². The Labute approximate surface area is 112 Å². The summed E-state index contributed by atoms with van der Waals surface area (Å²) in [4.78, 5) is 4.41. The topological polar surface area (TPSA) is 54.2 Å². The molecule has 2 aromatic rings. The maximum Gasteiger partial charge on any atom is 0.0896 e. The lowest BCUT2D eigenvalue weighted by Crippen LogP contribution is -2.40. The zero-order valence-electron chi connectivity index (χ0n) is 10.7. The Morgan fingerprint density at radius 1 is 1.16 bits per heavy atom. The van der Waals surface area contributed by atoms with Gasteiger partial charge in [0.1, 0.15) is 0 Å². The minimum absolute atomic E-state index is 0.117. The first-order valence-corrected chi connectivity index (χ1v) is 6.29. The Kier molecular flexibility index (Phi) is 2.83. The molecule has 0 fully saturated rings. The minimum Gasteiger partial charge on any atom is -0.397 e. The van der Waals surface area contributed by atoms with E-state index >= 15 is 0 Å². The number of nitrogens with zero attached hydrogens (tertiary/aromatic N) is 2. The third-order valence-corrected chi connectivity index (χ3v) is 3.34. The van der Waals surface area contributed by atoms with E-state index in [0.717, 1.165) is 22.6 Å². The maximum atomic E-state index is 6.00. The number of rotatable bonds is 2. The van der Waals surface area contributed by atoms with Crippen LogP contribution < -0.4 is 16.2 Å². The summed E-state index contributed by atoms with van der Waals surface area (Å²) >= 11 is 0. The van der Waals surface area contributed by atoms with E-state index in [-0.39, 0.29) is 6.04 Å². The van der Waals surface area contributed by atoms with Crippen LogP contribution in [-0.2, 0) is 0 Å². The van der Waals surface area contributed by atoms with Crippen molar-refractivity contribution in [1.82, 2.24) is 10.4 Å². The van der Waals surface area contributed by atoms with Gasteiger partial charge in [-0.25, -0.2) is 0 Å². The molecule has 3 rings (SSSR count). The quantitative estimate of drug-likeness (QED) is 0.862. The van der Waals surface area contributed by atoms with Crippen molar-refractivity contribution in [2.24, 2.45) is 5.73 Å². The van der Waals surface area contributed by atoms with Crippen LogP contribution in [0.4, 0.5) is 5.69 Å². The molecule has 1 aromatic carbocycles. The molecule has 2 heterocycles. The number of para-hydroxylation sites is 1. The van der Waals surface area contributed by atoms with Crippen molar-refractivity contribution >= 4 is 11.4 Å². The predicted octanol–water partition coefficient (Wildman–Crippen LogP) is 2.42. The van der Waals surface area contributed by atoms with Gasteiger partial charge in [-0.1, -0.05) is 24.3 Å². The van der Waals surface area contributed by atoms with Crippen LogP contribution in [0.1, 0.15) is 24.2 Å². The van der Waals surface area contributed by atoms with Crippen LogP contribution in [-0.4, -0.2) is 4.98 Å². The molecule has 0 aliphatic carbocycles. The molecule has 1 atom stereocenters. The van der Waals surface area contributed by atoms with Gasteiger partial charge in [0.25, 0.3) is 0 Å². The molecule has 0 saturated heterocycles. The van der Waals surface area contributed by atoms with Crippen LogP contribution in [0.25, 0.3) is 5.70 Å². The molecule has 4 nitrogen and oxygen atoms in total. The molecule has 1 aromatic heterocycles. The molecule has 0 radical (unpaired) electrons. The van der Waals surface area contributed by atoms with Gasteiger partial charge in [0.2, 0.25) is 0 Å². The SMILES string of the molecule is CC(c1ccccn1)N1NC=C(N)c2ccccc21. The van der Waals surface area contributed by atoms with E-state index in [1.54, 1.807) is 0 Å². The van der Waals surface area contributed by atoms with Crippen LogP contribution in [0.3, 0.4) is 0 Å². The van der Waals surface area contributed by atoms with Gasteiger partial charge in [-0.15, -0.1) is 0 Å². The van der Waals surface area contributed by atoms with Crippen molar-refractivity contribution in [2.45, 2.75) is 13.0 Å². The lowest BCUT2D eigenvalue weighted by molar-refractivity contribution is 0.605. The second-order valence-corrected chi connectivity index (χ2v) is 4.55. The standard InChI is InChI=1S/C15H16N4/c1-11(14-7-4-5-9-17-14)19-15-8-3-2-6-12(15)13(16)10-18-19/h2-11,18H,16H2,1H3. The summed E-state index contributed by atoms with van der Waals surface area (Å²) in [6.45, 7) is 2.11. The second-order valence-electron chi connectivity index (χ2n) is 4.55. The Balaban J connectivity index is 2.00. The predicted molar refractivity (Wildman–Crippen MR) is 76.9 cm³/mol. The third-order valence-electron chi connectivity index (χ3n) is 3.34. The first-order valence-electron chi connectivity index (χ1n) is 6.29. The number of nitrogens with one attached hydrogen (secondary N) is 1. The highest BCUT2D eigenvalue weighted by Crippen LogP contribution is 2.32. The molecule has 0 saturated carbocycles. The minimum atomic E-state index is 0.117. The van der Waals surface area contributed by atoms with Gasteiger partial charge in [-0.2, -0.15) is 0 Å². The lowest BCUT2D eigenvalue weighted by Gasteiger charge is -2.35. The fourth-order valence-corrected chi connectivity index (χ4v) is 2.29. The molecular weight excluding hydrogens is 236 g/mol. The molecule has 19 heavy (non-hydrogen) atoms. The Hall–Kier alpha value is -2.49. The highest BCUT2D eigenvalue weighted by molar-refractivity contribution is 5.77. The Bertz CT molecular complexity index is 607. The molecule has 0 amide bonds. The number of hydrazine groups is 1. The van der Waals surface area contributed by atoms with Gasteiger partial charge >= 0.3 is 0 Å². The summed E-state index contributed by atoms with van der Waals surface area (Å²) in [5.74, 6) is 0. The number of benzene rings is 1. The molecule has 4 heteroatoms. The van der Waals surface area contributed by atoms with Crippen molar-refractivity contribution < 1.29 is 0 Å². The van der Waals surface area contributed by atoms with E-state index in [0.29, 0.717) is 0 Å². The number of anilines is 1. The van der Waals surface area contributed by atoms with E-state index in [2.05, 4.69) is 28.4 Å². The zero-order chi connectivity index (χ0) is 13.2. The monoisotopic (exact) mass is 252 g/mol. The zero-order valence-corrected chi connectivity index (χ0v) is 10.7. The fraction of sp³-hybridized carbons (Fsp3) is 0.133. The average molecular weight is 252 g/mol. The highest BCUT2D eigenvalue weighted by atomic mass is 15.5. The van der Waals surface area contributed by atoms with Gasteiger partial charge in [-0.05, 0) is 25.1 Å². The normalized spacial score (nSPS) is 15.2. The van der Waals surface area contributed by atoms with E-state index in [9.17, 15) is 0 Å². The smallest absolute Gasteiger partial charge is 0.0896 e. The van der Waals surface area contributed by atoms with Crippen molar-refractivity contribution in [3.05, 3.63) is 66.1 Å². The van der Waals surface area contributed by atoms with Crippen molar-refractivity contribution in [1.29, 1.82) is 0 Å². The number of aromatic nitrogens is 1. The van der Waals surface area contributed by atoms with Gasteiger partial charge < -0.3 is 11.2 Å². The van der Waals surface area contributed by atoms with Crippen molar-refractivity contribution in [3.8, 4) is 0 Å². The van der Waals surface area contributed by atoms with Crippen LogP contribution in [0.2, 0.25) is 0 Å². The molecule has 96 valence electrons. The van der Waals surface area contributed by atoms with Crippen LogP contribution in [0.15, 0.2) is 54.9 Å². The third kappa shape index (κ3) is 2.01. The number of hydrogen-bond donors (Lipinski definition) is 2. The van der Waals surface area contributed by atoms with E-state index in [1.807, 2.05) is 48.8 Å². The molecular formula is C15H16N4. The summed E-state index contributed by atoms with van der Waals surface area (Å²) in [7, 11) is 0. The molecule has 3 N–H and O–H groups in total. The van der Waals surface area contributed by atoms with Gasteiger partial charge in [0.15, 0.2) is 0 Å². The van der Waals surface area contributed by atoms with Crippen LogP contribution in [0.5, 0.6) is 0 Å². The number of nitrogens with two attached hydrogens (primary N) is 1.